The fourth-order valence-electron chi connectivity index (χ4n) is 1.94. The maximum absolute atomic E-state index is 12.1. The van der Waals surface area contributed by atoms with Crippen molar-refractivity contribution in [1.29, 1.82) is 0 Å². The molecule has 108 valence electrons. The van der Waals surface area contributed by atoms with Crippen LogP contribution < -0.4 is 4.74 Å². The van der Waals surface area contributed by atoms with Gasteiger partial charge in [0.25, 0.3) is 0 Å². The first-order chi connectivity index (χ1) is 10.2. The molecule has 0 saturated carbocycles. The number of likely N-dealkylation sites (N-methyl/N-ethyl adjacent to an activating group) is 1. The molecule has 0 unspecified atom stereocenters. The van der Waals surface area contributed by atoms with Crippen LogP contribution in [0.2, 0.25) is 0 Å². The van der Waals surface area contributed by atoms with E-state index in [-0.39, 0.29) is 5.91 Å². The number of hydrogen-bond acceptors (Lipinski definition) is 3. The maximum Gasteiger partial charge on any atom is 0.246 e. The first-order valence-corrected chi connectivity index (χ1v) is 6.66. The second-order valence-electron chi connectivity index (χ2n) is 4.63. The van der Waals surface area contributed by atoms with E-state index < -0.39 is 0 Å². The lowest BCUT2D eigenvalue weighted by Crippen LogP contribution is -2.24. The number of amides is 1. The van der Waals surface area contributed by atoms with Crippen molar-refractivity contribution in [2.45, 2.75) is 6.54 Å². The average molecular weight is 282 g/mol. The van der Waals surface area contributed by atoms with E-state index in [9.17, 15) is 4.79 Å². The highest BCUT2D eigenvalue weighted by atomic mass is 16.5. The van der Waals surface area contributed by atoms with Gasteiger partial charge in [0.1, 0.15) is 5.75 Å². The lowest BCUT2D eigenvalue weighted by Gasteiger charge is -2.17. The van der Waals surface area contributed by atoms with Gasteiger partial charge >= 0.3 is 0 Å². The molecular weight excluding hydrogens is 264 g/mol. The number of carbonyl (C=O) groups excluding carboxylic acids is 1. The zero-order valence-corrected chi connectivity index (χ0v) is 12.2. The van der Waals surface area contributed by atoms with Crippen molar-refractivity contribution >= 4 is 12.0 Å². The summed E-state index contributed by atoms with van der Waals surface area (Å²) in [5, 5.41) is 0. The molecule has 0 bridgehead atoms. The van der Waals surface area contributed by atoms with Crippen LogP contribution in [0.4, 0.5) is 0 Å². The molecule has 0 radical (unpaired) electrons. The lowest BCUT2D eigenvalue weighted by atomic mass is 10.2. The van der Waals surface area contributed by atoms with Gasteiger partial charge in [-0.25, -0.2) is 0 Å². The zero-order chi connectivity index (χ0) is 15.1. The maximum atomic E-state index is 12.1. The number of carbonyl (C=O) groups is 1. The van der Waals surface area contributed by atoms with Crippen LogP contribution in [0.25, 0.3) is 6.08 Å². The number of para-hydroxylation sites is 1. The second-order valence-corrected chi connectivity index (χ2v) is 4.63. The Morgan fingerprint density at radius 3 is 2.81 bits per heavy atom. The number of ether oxygens (including phenoxy) is 1. The molecule has 0 fully saturated rings. The molecule has 1 aromatic heterocycles. The van der Waals surface area contributed by atoms with Crippen molar-refractivity contribution in [2.75, 3.05) is 14.2 Å². The van der Waals surface area contributed by atoms with Crippen molar-refractivity contribution in [1.82, 2.24) is 9.88 Å². The standard InChI is InChI=1S/C17H18N2O2/c1-19(13-15-7-3-4-8-16(15)21-2)17(20)10-9-14-6-5-11-18-12-14/h3-12H,13H2,1-2H3/b10-9+. The third-order valence-corrected chi connectivity index (χ3v) is 3.08. The summed E-state index contributed by atoms with van der Waals surface area (Å²) in [6.07, 6.45) is 6.72. The van der Waals surface area contributed by atoms with Crippen LogP contribution in [0.1, 0.15) is 11.1 Å². The largest absolute Gasteiger partial charge is 0.496 e. The molecule has 0 aliphatic heterocycles. The third-order valence-electron chi connectivity index (χ3n) is 3.08. The molecule has 0 aliphatic carbocycles. The molecule has 2 rings (SSSR count). The molecule has 1 heterocycles. The number of hydrogen-bond donors (Lipinski definition) is 0. The fraction of sp³-hybridized carbons (Fsp3) is 0.176. The summed E-state index contributed by atoms with van der Waals surface area (Å²) in [5.74, 6) is 0.721. The molecule has 0 atom stereocenters. The Bertz CT molecular complexity index is 624. The van der Waals surface area contributed by atoms with Gasteiger partial charge in [0.05, 0.1) is 7.11 Å². The highest BCUT2D eigenvalue weighted by molar-refractivity contribution is 5.91. The van der Waals surface area contributed by atoms with E-state index in [1.54, 1.807) is 43.6 Å². The van der Waals surface area contributed by atoms with Crippen LogP contribution in [0.5, 0.6) is 5.75 Å². The van der Waals surface area contributed by atoms with Gasteiger partial charge in [-0.2, -0.15) is 0 Å². The molecule has 21 heavy (non-hydrogen) atoms. The van der Waals surface area contributed by atoms with E-state index in [0.29, 0.717) is 6.54 Å². The molecule has 0 N–H and O–H groups in total. The molecule has 0 aliphatic rings. The highest BCUT2D eigenvalue weighted by Gasteiger charge is 2.09. The quantitative estimate of drug-likeness (QED) is 0.792. The molecule has 0 saturated heterocycles. The first-order valence-electron chi connectivity index (χ1n) is 6.66. The van der Waals surface area contributed by atoms with Crippen molar-refractivity contribution in [3.05, 3.63) is 66.0 Å². The number of benzene rings is 1. The van der Waals surface area contributed by atoms with Gasteiger partial charge in [0, 0.05) is 37.6 Å². The molecule has 1 aromatic carbocycles. The predicted octanol–water partition coefficient (Wildman–Crippen LogP) is 2.76. The van der Waals surface area contributed by atoms with E-state index in [1.165, 1.54) is 0 Å². The van der Waals surface area contributed by atoms with Gasteiger partial charge in [0.15, 0.2) is 0 Å². The van der Waals surface area contributed by atoms with E-state index >= 15 is 0 Å². The highest BCUT2D eigenvalue weighted by Crippen LogP contribution is 2.18. The summed E-state index contributed by atoms with van der Waals surface area (Å²) >= 11 is 0. The van der Waals surface area contributed by atoms with Crippen LogP contribution in [0, 0.1) is 0 Å². The monoisotopic (exact) mass is 282 g/mol. The Balaban J connectivity index is 2.01. The van der Waals surface area contributed by atoms with Gasteiger partial charge in [-0.3, -0.25) is 9.78 Å². The van der Waals surface area contributed by atoms with Crippen LogP contribution in [-0.2, 0) is 11.3 Å². The van der Waals surface area contributed by atoms with Crippen molar-refractivity contribution in [3.63, 3.8) is 0 Å². The number of methoxy groups -OCH3 is 1. The molecule has 1 amide bonds. The summed E-state index contributed by atoms with van der Waals surface area (Å²) in [5.41, 5.74) is 1.88. The Kier molecular flexibility index (Phi) is 5.10. The molecule has 2 aromatic rings. The minimum Gasteiger partial charge on any atom is -0.496 e. The van der Waals surface area contributed by atoms with Crippen molar-refractivity contribution in [2.24, 2.45) is 0 Å². The Labute approximate surface area is 124 Å². The summed E-state index contributed by atoms with van der Waals surface area (Å²) in [6.45, 7) is 0.500. The van der Waals surface area contributed by atoms with Gasteiger partial charge < -0.3 is 9.64 Å². The number of pyridine rings is 1. The van der Waals surface area contributed by atoms with Crippen LogP contribution >= 0.6 is 0 Å². The van der Waals surface area contributed by atoms with E-state index in [1.807, 2.05) is 36.4 Å². The number of nitrogens with zero attached hydrogens (tertiary/aromatic N) is 2. The van der Waals surface area contributed by atoms with Gasteiger partial charge in [-0.05, 0) is 23.8 Å². The van der Waals surface area contributed by atoms with Crippen molar-refractivity contribution < 1.29 is 9.53 Å². The number of aromatic nitrogens is 1. The lowest BCUT2D eigenvalue weighted by molar-refractivity contribution is -0.125. The third kappa shape index (κ3) is 4.18. The molecule has 4 heteroatoms. The van der Waals surface area contributed by atoms with E-state index in [2.05, 4.69) is 4.98 Å². The van der Waals surface area contributed by atoms with Gasteiger partial charge in [-0.15, -0.1) is 0 Å². The smallest absolute Gasteiger partial charge is 0.246 e. The molecule has 0 spiro atoms. The van der Waals surface area contributed by atoms with Crippen LogP contribution in [0.3, 0.4) is 0 Å². The first kappa shape index (κ1) is 14.8. The van der Waals surface area contributed by atoms with Gasteiger partial charge in [-0.1, -0.05) is 24.3 Å². The predicted molar refractivity (Wildman–Crippen MR) is 82.7 cm³/mol. The van der Waals surface area contributed by atoms with Crippen molar-refractivity contribution in [3.8, 4) is 5.75 Å². The van der Waals surface area contributed by atoms with Gasteiger partial charge in [0.2, 0.25) is 5.91 Å². The SMILES string of the molecule is COc1ccccc1CN(C)C(=O)/C=C/c1cccnc1. The Hall–Kier alpha value is -2.62. The van der Waals surface area contributed by atoms with Crippen LogP contribution in [-0.4, -0.2) is 29.9 Å². The zero-order valence-electron chi connectivity index (χ0n) is 12.2. The van der Waals surface area contributed by atoms with E-state index in [4.69, 9.17) is 4.74 Å². The topological polar surface area (TPSA) is 42.4 Å². The Morgan fingerprint density at radius 2 is 2.10 bits per heavy atom. The summed E-state index contributed by atoms with van der Waals surface area (Å²) in [7, 11) is 3.39. The number of rotatable bonds is 5. The molecule has 4 nitrogen and oxygen atoms in total. The summed E-state index contributed by atoms with van der Waals surface area (Å²) in [6, 6.07) is 11.4. The van der Waals surface area contributed by atoms with Crippen LogP contribution in [0.15, 0.2) is 54.9 Å². The fourth-order valence-corrected chi connectivity index (χ4v) is 1.94. The summed E-state index contributed by atoms with van der Waals surface area (Å²) in [4.78, 5) is 17.7. The summed E-state index contributed by atoms with van der Waals surface area (Å²) < 4.78 is 5.29. The second kappa shape index (κ2) is 7.24. The normalized spacial score (nSPS) is 10.6. The minimum atomic E-state index is -0.0650. The molecular formula is C17H18N2O2. The Morgan fingerprint density at radius 1 is 1.29 bits per heavy atom. The minimum absolute atomic E-state index is 0.0650. The van der Waals surface area contributed by atoms with E-state index in [0.717, 1.165) is 16.9 Å². The average Bonchev–Trinajstić information content (AvgIpc) is 2.54.